The van der Waals surface area contributed by atoms with Gasteiger partial charge in [-0.25, -0.2) is 0 Å². The smallest absolute Gasteiger partial charge is 0.269 e. The van der Waals surface area contributed by atoms with E-state index >= 15 is 0 Å². The lowest BCUT2D eigenvalue weighted by molar-refractivity contribution is -0.122. The summed E-state index contributed by atoms with van der Waals surface area (Å²) in [6, 6.07) is 12.9. The molecule has 32 heavy (non-hydrogen) atoms. The normalized spacial score (nSPS) is 15.2. The molecule has 1 amide bonds. The highest BCUT2D eigenvalue weighted by Gasteiger charge is 2.32. The Bertz CT molecular complexity index is 1270. The summed E-state index contributed by atoms with van der Waals surface area (Å²) in [7, 11) is 1.56. The minimum Gasteiger partial charge on any atom is -0.438 e. The topological polar surface area (TPSA) is 73.1 Å². The molecule has 7 nitrogen and oxygen atoms in total. The second kappa shape index (κ2) is 9.64. The number of amides is 1. The molecule has 3 heterocycles. The molecular weight excluding hydrogens is 446 g/mol. The van der Waals surface area contributed by atoms with E-state index in [1.807, 2.05) is 24.3 Å². The Hall–Kier alpha value is -3.01. The molecule has 0 aliphatic carbocycles. The number of rotatable bonds is 7. The monoisotopic (exact) mass is 467 g/mol. The Morgan fingerprint density at radius 3 is 2.66 bits per heavy atom. The van der Waals surface area contributed by atoms with Crippen molar-refractivity contribution < 1.29 is 14.3 Å². The first-order chi connectivity index (χ1) is 15.5. The van der Waals surface area contributed by atoms with E-state index in [0.717, 1.165) is 18.2 Å². The molecule has 0 spiro atoms. The number of ether oxygens (including phenoxy) is 2. The molecule has 9 heteroatoms. The number of fused-ring (bicyclic) bond motifs is 1. The summed E-state index contributed by atoms with van der Waals surface area (Å²) in [6.07, 6.45) is 4.05. The number of aromatic nitrogens is 2. The number of nitrogens with zero attached hydrogens (tertiary/aromatic N) is 3. The zero-order valence-electron chi connectivity index (χ0n) is 17.6. The number of methoxy groups -OCH3 is 1. The van der Waals surface area contributed by atoms with Crippen molar-refractivity contribution in [3.05, 3.63) is 75.0 Å². The van der Waals surface area contributed by atoms with Crippen LogP contribution >= 0.6 is 24.0 Å². The van der Waals surface area contributed by atoms with Gasteiger partial charge in [0.15, 0.2) is 0 Å². The molecule has 0 saturated carbocycles. The van der Waals surface area contributed by atoms with E-state index in [4.69, 9.17) is 21.7 Å². The van der Waals surface area contributed by atoms with Gasteiger partial charge >= 0.3 is 0 Å². The summed E-state index contributed by atoms with van der Waals surface area (Å²) >= 11 is 6.48. The van der Waals surface area contributed by atoms with Crippen LogP contribution in [0.1, 0.15) is 18.1 Å². The highest BCUT2D eigenvalue weighted by atomic mass is 32.2. The van der Waals surface area contributed by atoms with E-state index in [9.17, 15) is 9.59 Å². The van der Waals surface area contributed by atoms with Gasteiger partial charge in [0.1, 0.15) is 21.3 Å². The molecule has 4 rings (SSSR count). The van der Waals surface area contributed by atoms with Gasteiger partial charge in [-0.1, -0.05) is 49.1 Å². The lowest BCUT2D eigenvalue weighted by atomic mass is 10.2. The summed E-state index contributed by atoms with van der Waals surface area (Å²) in [5.74, 6) is 0.414. The molecule has 2 aromatic heterocycles. The first kappa shape index (κ1) is 22.2. The molecule has 0 unspecified atom stereocenters. The van der Waals surface area contributed by atoms with Crippen LogP contribution < -0.4 is 10.3 Å². The SMILES string of the molecule is CCc1ccc(Oc2nc3ccccn3c(=O)c2C=C2SC(=S)N(CCOC)C2=O)cc1. The average molecular weight is 468 g/mol. The van der Waals surface area contributed by atoms with E-state index in [2.05, 4.69) is 11.9 Å². The molecule has 1 aliphatic rings. The molecule has 0 radical (unpaired) electrons. The molecule has 3 aromatic rings. The molecule has 164 valence electrons. The maximum absolute atomic E-state index is 13.3. The van der Waals surface area contributed by atoms with Gasteiger partial charge in [0.05, 0.1) is 18.1 Å². The Balaban J connectivity index is 1.78. The first-order valence-electron chi connectivity index (χ1n) is 10.0. The van der Waals surface area contributed by atoms with Gasteiger partial charge in [0.25, 0.3) is 11.5 Å². The molecular formula is C23H21N3O4S2. The maximum Gasteiger partial charge on any atom is 0.269 e. The number of aryl methyl sites for hydroxylation is 1. The van der Waals surface area contributed by atoms with E-state index in [-0.39, 0.29) is 22.9 Å². The van der Waals surface area contributed by atoms with Crippen LogP contribution in [0.2, 0.25) is 0 Å². The van der Waals surface area contributed by atoms with Gasteiger partial charge in [0, 0.05) is 13.3 Å². The minimum absolute atomic E-state index is 0.132. The summed E-state index contributed by atoms with van der Waals surface area (Å²) in [6.45, 7) is 2.78. The lowest BCUT2D eigenvalue weighted by Crippen LogP contribution is -2.31. The van der Waals surface area contributed by atoms with Crippen LogP contribution in [0, 0.1) is 0 Å². The second-order valence-corrected chi connectivity index (χ2v) is 8.67. The van der Waals surface area contributed by atoms with Crippen LogP contribution in [0.15, 0.2) is 58.4 Å². The summed E-state index contributed by atoms with van der Waals surface area (Å²) in [4.78, 5) is 32.5. The Labute approximate surface area is 194 Å². The minimum atomic E-state index is -0.335. The van der Waals surface area contributed by atoms with Gasteiger partial charge in [0.2, 0.25) is 5.88 Å². The Morgan fingerprint density at radius 2 is 1.94 bits per heavy atom. The molecule has 1 fully saturated rings. The molecule has 1 aromatic carbocycles. The van der Waals surface area contributed by atoms with E-state index in [1.165, 1.54) is 20.9 Å². The number of hydrogen-bond donors (Lipinski definition) is 0. The van der Waals surface area contributed by atoms with Gasteiger partial charge in [-0.05, 0) is 42.3 Å². The third-order valence-corrected chi connectivity index (χ3v) is 6.33. The average Bonchev–Trinajstić information content (AvgIpc) is 3.07. The number of thioether (sulfide) groups is 1. The molecule has 0 bridgehead atoms. The zero-order valence-corrected chi connectivity index (χ0v) is 19.2. The molecule has 1 saturated heterocycles. The summed E-state index contributed by atoms with van der Waals surface area (Å²) < 4.78 is 12.9. The number of carbonyl (C=O) groups is 1. The Kier molecular flexibility index (Phi) is 6.69. The zero-order chi connectivity index (χ0) is 22.7. The van der Waals surface area contributed by atoms with Crippen molar-refractivity contribution in [2.24, 2.45) is 0 Å². The van der Waals surface area contributed by atoms with Crippen LogP contribution in [0.5, 0.6) is 11.6 Å². The van der Waals surface area contributed by atoms with Crippen molar-refractivity contribution in [3.63, 3.8) is 0 Å². The van der Waals surface area contributed by atoms with Gasteiger partial charge in [-0.2, -0.15) is 4.98 Å². The van der Waals surface area contributed by atoms with Gasteiger partial charge in [-0.3, -0.25) is 18.9 Å². The number of pyridine rings is 1. The quantitative estimate of drug-likeness (QED) is 0.385. The van der Waals surface area contributed by atoms with E-state index in [0.29, 0.717) is 33.8 Å². The standard InChI is InChI=1S/C23H21N3O4S2/c1-3-15-7-9-16(10-8-15)30-20-17(21(27)25-11-5-4-6-19(25)24-20)14-18-22(28)26(12-13-29-2)23(31)32-18/h4-11,14H,3,12-13H2,1-2H3. The van der Waals surface area contributed by atoms with Crippen molar-refractivity contribution in [3.8, 4) is 11.6 Å². The van der Waals surface area contributed by atoms with Crippen LogP contribution in [-0.2, 0) is 16.0 Å². The van der Waals surface area contributed by atoms with Crippen molar-refractivity contribution in [2.75, 3.05) is 20.3 Å². The Morgan fingerprint density at radius 1 is 1.16 bits per heavy atom. The lowest BCUT2D eigenvalue weighted by Gasteiger charge is -2.13. The number of thiocarbonyl (C=S) groups is 1. The third-order valence-electron chi connectivity index (χ3n) is 4.95. The van der Waals surface area contributed by atoms with E-state index in [1.54, 1.807) is 31.5 Å². The van der Waals surface area contributed by atoms with Gasteiger partial charge in [-0.15, -0.1) is 0 Å². The van der Waals surface area contributed by atoms with Crippen LogP contribution in [-0.4, -0.2) is 44.8 Å². The maximum atomic E-state index is 13.3. The number of benzene rings is 1. The van der Waals surface area contributed by atoms with Crippen LogP contribution in [0.25, 0.3) is 11.7 Å². The van der Waals surface area contributed by atoms with Crippen molar-refractivity contribution in [1.82, 2.24) is 14.3 Å². The van der Waals surface area contributed by atoms with Crippen LogP contribution in [0.4, 0.5) is 0 Å². The fourth-order valence-corrected chi connectivity index (χ4v) is 4.49. The predicted octanol–water partition coefficient (Wildman–Crippen LogP) is 3.90. The van der Waals surface area contributed by atoms with Crippen molar-refractivity contribution >= 4 is 45.9 Å². The second-order valence-electron chi connectivity index (χ2n) is 6.99. The number of hydrogen-bond acceptors (Lipinski definition) is 7. The number of carbonyl (C=O) groups excluding carboxylic acids is 1. The van der Waals surface area contributed by atoms with Crippen LogP contribution in [0.3, 0.4) is 0 Å². The van der Waals surface area contributed by atoms with E-state index < -0.39 is 0 Å². The van der Waals surface area contributed by atoms with Gasteiger partial charge < -0.3 is 9.47 Å². The first-order valence-corrected chi connectivity index (χ1v) is 11.3. The molecule has 1 aliphatic heterocycles. The van der Waals surface area contributed by atoms with Crippen molar-refractivity contribution in [2.45, 2.75) is 13.3 Å². The third kappa shape index (κ3) is 4.45. The predicted molar refractivity (Wildman–Crippen MR) is 129 cm³/mol. The fourth-order valence-electron chi connectivity index (χ4n) is 3.19. The highest BCUT2D eigenvalue weighted by Crippen LogP contribution is 2.34. The largest absolute Gasteiger partial charge is 0.438 e. The summed E-state index contributed by atoms with van der Waals surface area (Å²) in [5, 5.41) is 0. The summed E-state index contributed by atoms with van der Waals surface area (Å²) in [5.41, 5.74) is 1.46. The molecule has 0 atom stereocenters. The highest BCUT2D eigenvalue weighted by molar-refractivity contribution is 8.26. The molecule has 0 N–H and O–H groups in total. The fraction of sp³-hybridized carbons (Fsp3) is 0.217. The van der Waals surface area contributed by atoms with Crippen molar-refractivity contribution in [1.29, 1.82) is 0 Å².